The van der Waals surface area contributed by atoms with Crippen molar-refractivity contribution in [3.63, 3.8) is 0 Å². The van der Waals surface area contributed by atoms with Gasteiger partial charge in [-0.2, -0.15) is 28.4 Å². The molecule has 0 aliphatic heterocycles. The zero-order chi connectivity index (χ0) is 17.8. The second-order valence-corrected chi connectivity index (χ2v) is 5.53. The highest BCUT2D eigenvalue weighted by Gasteiger charge is 2.39. The maximum absolute atomic E-state index is 13.2. The van der Waals surface area contributed by atoms with Gasteiger partial charge < -0.3 is 4.52 Å². The molecule has 25 heavy (non-hydrogen) atoms. The molecular formula is C15H11F3N6O. The largest absolute Gasteiger partial charge is 0.420 e. The Kier molecular flexibility index (Phi) is 3.17. The molecule has 0 saturated heterocycles. The molecule has 128 valence electrons. The minimum atomic E-state index is -4.57. The monoisotopic (exact) mass is 348 g/mol. The van der Waals surface area contributed by atoms with Crippen molar-refractivity contribution in [2.24, 2.45) is 7.05 Å². The lowest BCUT2D eigenvalue weighted by Gasteiger charge is -2.05. The summed E-state index contributed by atoms with van der Waals surface area (Å²) in [5.41, 5.74) is 0.0102. The molecule has 10 heteroatoms. The summed E-state index contributed by atoms with van der Waals surface area (Å²) in [6, 6.07) is 5.37. The highest BCUT2D eigenvalue weighted by Crippen LogP contribution is 2.37. The molecule has 0 bridgehead atoms. The summed E-state index contributed by atoms with van der Waals surface area (Å²) in [6.07, 6.45) is -2.86. The Bertz CT molecular complexity index is 1070. The first-order valence-corrected chi connectivity index (χ1v) is 7.23. The van der Waals surface area contributed by atoms with Crippen LogP contribution in [-0.2, 0) is 13.2 Å². The molecule has 0 aliphatic rings. The van der Waals surface area contributed by atoms with E-state index in [4.69, 9.17) is 4.52 Å². The van der Waals surface area contributed by atoms with Gasteiger partial charge in [-0.25, -0.2) is 0 Å². The molecule has 0 spiro atoms. The van der Waals surface area contributed by atoms with E-state index in [1.165, 1.54) is 6.92 Å². The standard InChI is InChI=1S/C15H11F3N6O/c1-7-11(15(16,17)18)12(22-21-7)14-20-13(23-25-14)8-3-4-9-6-19-24(2)10(9)5-8/h3-6H,1-2H3,(H,21,22). The molecule has 3 aromatic heterocycles. The van der Waals surface area contributed by atoms with Crippen molar-refractivity contribution in [2.45, 2.75) is 13.1 Å². The molecule has 0 radical (unpaired) electrons. The zero-order valence-corrected chi connectivity index (χ0v) is 13.1. The minimum absolute atomic E-state index is 0.112. The van der Waals surface area contributed by atoms with Crippen molar-refractivity contribution in [3.05, 3.63) is 35.7 Å². The molecule has 1 N–H and O–H groups in total. The number of alkyl halides is 3. The smallest absolute Gasteiger partial charge is 0.332 e. The van der Waals surface area contributed by atoms with Gasteiger partial charge in [-0.15, -0.1) is 0 Å². The van der Waals surface area contributed by atoms with Gasteiger partial charge in [-0.05, 0) is 13.0 Å². The van der Waals surface area contributed by atoms with Crippen molar-refractivity contribution in [2.75, 3.05) is 0 Å². The molecule has 3 heterocycles. The summed E-state index contributed by atoms with van der Waals surface area (Å²) in [4.78, 5) is 4.07. The number of aryl methyl sites for hydroxylation is 2. The van der Waals surface area contributed by atoms with Crippen LogP contribution in [0.2, 0.25) is 0 Å². The SMILES string of the molecule is Cc1[nH]nc(-c2nc(-c3ccc4cnn(C)c4c3)no2)c1C(F)(F)F. The number of benzene rings is 1. The molecule has 0 unspecified atom stereocenters. The molecule has 4 aromatic rings. The molecule has 0 aliphatic carbocycles. The van der Waals surface area contributed by atoms with Crippen LogP contribution < -0.4 is 0 Å². The zero-order valence-electron chi connectivity index (χ0n) is 13.1. The van der Waals surface area contributed by atoms with Gasteiger partial charge in [0.2, 0.25) is 5.82 Å². The highest BCUT2D eigenvalue weighted by molar-refractivity contribution is 5.83. The van der Waals surface area contributed by atoms with Gasteiger partial charge in [-0.3, -0.25) is 9.78 Å². The van der Waals surface area contributed by atoms with E-state index in [1.807, 2.05) is 6.07 Å². The lowest BCUT2D eigenvalue weighted by atomic mass is 10.1. The van der Waals surface area contributed by atoms with Crippen LogP contribution in [0.15, 0.2) is 28.9 Å². The Labute approximate surface area is 138 Å². The normalized spacial score (nSPS) is 12.2. The summed E-state index contributed by atoms with van der Waals surface area (Å²) in [5, 5.41) is 14.8. The van der Waals surface area contributed by atoms with Gasteiger partial charge in [0.25, 0.3) is 5.89 Å². The van der Waals surface area contributed by atoms with Crippen LogP contribution in [0.25, 0.3) is 33.9 Å². The third-order valence-corrected chi connectivity index (χ3v) is 3.87. The van der Waals surface area contributed by atoms with E-state index >= 15 is 0 Å². The van der Waals surface area contributed by atoms with Crippen molar-refractivity contribution >= 4 is 10.9 Å². The van der Waals surface area contributed by atoms with Crippen molar-refractivity contribution < 1.29 is 17.7 Å². The Balaban J connectivity index is 1.79. The number of nitrogens with zero attached hydrogens (tertiary/aromatic N) is 5. The first kappa shape index (κ1) is 15.4. The number of aromatic nitrogens is 6. The number of halogens is 3. The van der Waals surface area contributed by atoms with E-state index in [2.05, 4.69) is 25.4 Å². The number of H-pyrrole nitrogens is 1. The van der Waals surface area contributed by atoms with E-state index in [-0.39, 0.29) is 17.4 Å². The Morgan fingerprint density at radius 2 is 2.04 bits per heavy atom. The number of fused-ring (bicyclic) bond motifs is 1. The third-order valence-electron chi connectivity index (χ3n) is 3.87. The highest BCUT2D eigenvalue weighted by atomic mass is 19.4. The number of hydrogen-bond donors (Lipinski definition) is 1. The van der Waals surface area contributed by atoms with Crippen LogP contribution in [-0.4, -0.2) is 30.1 Å². The van der Waals surface area contributed by atoms with E-state index in [9.17, 15) is 13.2 Å². The minimum Gasteiger partial charge on any atom is -0.332 e. The van der Waals surface area contributed by atoms with Crippen molar-refractivity contribution in [1.82, 2.24) is 30.1 Å². The third kappa shape index (κ3) is 2.46. The van der Waals surface area contributed by atoms with Crippen LogP contribution in [0, 0.1) is 6.92 Å². The van der Waals surface area contributed by atoms with Crippen LogP contribution in [0.4, 0.5) is 13.2 Å². The van der Waals surface area contributed by atoms with Gasteiger partial charge in [0, 0.05) is 23.7 Å². The lowest BCUT2D eigenvalue weighted by Crippen LogP contribution is -2.07. The van der Waals surface area contributed by atoms with E-state index in [1.54, 1.807) is 30.1 Å². The van der Waals surface area contributed by atoms with Gasteiger partial charge in [-0.1, -0.05) is 17.3 Å². The van der Waals surface area contributed by atoms with Gasteiger partial charge in [0.1, 0.15) is 5.56 Å². The summed E-state index contributed by atoms with van der Waals surface area (Å²) >= 11 is 0. The van der Waals surface area contributed by atoms with E-state index in [0.717, 1.165) is 10.9 Å². The first-order valence-electron chi connectivity index (χ1n) is 7.23. The maximum atomic E-state index is 13.2. The summed E-state index contributed by atoms with van der Waals surface area (Å²) in [6.45, 7) is 1.28. The number of nitrogens with one attached hydrogen (secondary N) is 1. The Hall–Kier alpha value is -3.17. The number of rotatable bonds is 2. The molecule has 4 rings (SSSR count). The first-order chi connectivity index (χ1) is 11.8. The van der Waals surface area contributed by atoms with Crippen molar-refractivity contribution in [1.29, 1.82) is 0 Å². The Morgan fingerprint density at radius 3 is 2.80 bits per heavy atom. The maximum Gasteiger partial charge on any atom is 0.420 e. The predicted octanol–water partition coefficient (Wildman–Crippen LogP) is 3.34. The fourth-order valence-electron chi connectivity index (χ4n) is 2.65. The summed E-state index contributed by atoms with van der Waals surface area (Å²) in [7, 11) is 1.79. The topological polar surface area (TPSA) is 85.4 Å². The average Bonchev–Trinajstić information content (AvgIpc) is 3.25. The fraction of sp³-hybridized carbons (Fsp3) is 0.200. The fourth-order valence-corrected chi connectivity index (χ4v) is 2.65. The lowest BCUT2D eigenvalue weighted by molar-refractivity contribution is -0.137. The van der Waals surface area contributed by atoms with Gasteiger partial charge in [0.15, 0.2) is 5.69 Å². The predicted molar refractivity (Wildman–Crippen MR) is 81.3 cm³/mol. The Morgan fingerprint density at radius 1 is 1.24 bits per heavy atom. The van der Waals surface area contributed by atoms with Crippen LogP contribution in [0.3, 0.4) is 0 Å². The van der Waals surface area contributed by atoms with Crippen LogP contribution >= 0.6 is 0 Å². The van der Waals surface area contributed by atoms with E-state index in [0.29, 0.717) is 5.56 Å². The van der Waals surface area contributed by atoms with E-state index < -0.39 is 17.4 Å². The quantitative estimate of drug-likeness (QED) is 0.600. The summed E-state index contributed by atoms with van der Waals surface area (Å²) < 4.78 is 46.2. The van der Waals surface area contributed by atoms with Crippen LogP contribution in [0.5, 0.6) is 0 Å². The number of aromatic amines is 1. The van der Waals surface area contributed by atoms with Crippen LogP contribution in [0.1, 0.15) is 11.3 Å². The van der Waals surface area contributed by atoms with Gasteiger partial charge >= 0.3 is 6.18 Å². The molecular weight excluding hydrogens is 337 g/mol. The average molecular weight is 348 g/mol. The second kappa shape index (κ2) is 5.16. The number of hydrogen-bond acceptors (Lipinski definition) is 5. The van der Waals surface area contributed by atoms with Crippen molar-refractivity contribution in [3.8, 4) is 23.0 Å². The molecule has 0 saturated carbocycles. The molecule has 0 atom stereocenters. The summed E-state index contributed by atoms with van der Waals surface area (Å²) in [5.74, 6) is -0.122. The van der Waals surface area contributed by atoms with Gasteiger partial charge in [0.05, 0.1) is 11.7 Å². The molecule has 7 nitrogen and oxygen atoms in total. The molecule has 0 amide bonds. The second-order valence-electron chi connectivity index (χ2n) is 5.53. The molecule has 0 fully saturated rings. The molecule has 1 aromatic carbocycles.